The standard InChI is InChI=1S/C14H17N3OS/c1-3-11(8-9-15-2)10-16-14(18)17-12-4-6-13(19)7-5-12/h3-9,19H,1,10H2,2H3,(H2,16,17,18)/b11-8+,15-9?. The SMILES string of the molecule is C=C/C(=C\C=NC)CNC(=O)Nc1ccc(S)cc1. The Hall–Kier alpha value is -2.01. The van der Waals surface area contributed by atoms with E-state index in [2.05, 4.69) is 34.8 Å². The highest BCUT2D eigenvalue weighted by Gasteiger charge is 2.01. The van der Waals surface area contributed by atoms with Gasteiger partial charge in [0, 0.05) is 30.4 Å². The Balaban J connectivity index is 2.47. The molecule has 0 radical (unpaired) electrons. The van der Waals surface area contributed by atoms with E-state index in [1.54, 1.807) is 37.5 Å². The molecule has 5 heteroatoms. The van der Waals surface area contributed by atoms with Gasteiger partial charge in [-0.15, -0.1) is 12.6 Å². The molecule has 1 rings (SSSR count). The van der Waals surface area contributed by atoms with E-state index in [0.29, 0.717) is 6.54 Å². The molecule has 0 aliphatic rings. The second-order valence-electron chi connectivity index (χ2n) is 3.71. The van der Waals surface area contributed by atoms with Crippen LogP contribution in [0.1, 0.15) is 0 Å². The molecule has 0 aliphatic carbocycles. The summed E-state index contributed by atoms with van der Waals surface area (Å²) in [5, 5.41) is 5.46. The molecule has 1 aromatic carbocycles. The Morgan fingerprint density at radius 1 is 1.42 bits per heavy atom. The number of benzene rings is 1. The molecule has 0 bridgehead atoms. The molecule has 0 fully saturated rings. The highest BCUT2D eigenvalue weighted by molar-refractivity contribution is 7.80. The van der Waals surface area contributed by atoms with Crippen LogP contribution in [0, 0.1) is 0 Å². The number of nitrogens with one attached hydrogen (secondary N) is 2. The molecule has 100 valence electrons. The van der Waals surface area contributed by atoms with Crippen LogP contribution in [0.2, 0.25) is 0 Å². The molecule has 0 spiro atoms. The van der Waals surface area contributed by atoms with Crippen molar-refractivity contribution in [3.8, 4) is 0 Å². The lowest BCUT2D eigenvalue weighted by molar-refractivity contribution is 0.253. The van der Waals surface area contributed by atoms with Gasteiger partial charge in [-0.05, 0) is 35.9 Å². The van der Waals surface area contributed by atoms with Gasteiger partial charge in [0.05, 0.1) is 0 Å². The molecule has 0 aromatic heterocycles. The second kappa shape index (κ2) is 8.16. The maximum Gasteiger partial charge on any atom is 0.319 e. The molecule has 4 nitrogen and oxygen atoms in total. The number of rotatable bonds is 5. The first kappa shape index (κ1) is 15.0. The van der Waals surface area contributed by atoms with Crippen molar-refractivity contribution in [1.82, 2.24) is 5.32 Å². The number of nitrogens with zero attached hydrogens (tertiary/aromatic N) is 1. The van der Waals surface area contributed by atoms with Gasteiger partial charge >= 0.3 is 6.03 Å². The lowest BCUT2D eigenvalue weighted by atomic mass is 10.2. The van der Waals surface area contributed by atoms with Crippen molar-refractivity contribution in [2.75, 3.05) is 18.9 Å². The zero-order valence-electron chi connectivity index (χ0n) is 10.8. The summed E-state index contributed by atoms with van der Waals surface area (Å²) in [4.78, 5) is 16.3. The lowest BCUT2D eigenvalue weighted by Gasteiger charge is -2.08. The van der Waals surface area contributed by atoms with Crippen molar-refractivity contribution in [3.63, 3.8) is 0 Å². The molecule has 2 amide bonds. The van der Waals surface area contributed by atoms with Crippen LogP contribution in [0.3, 0.4) is 0 Å². The lowest BCUT2D eigenvalue weighted by Crippen LogP contribution is -2.30. The van der Waals surface area contributed by atoms with Gasteiger partial charge in [0.25, 0.3) is 0 Å². The Bertz CT molecular complexity index is 492. The van der Waals surface area contributed by atoms with Gasteiger partial charge in [0.15, 0.2) is 0 Å². The Labute approximate surface area is 118 Å². The predicted molar refractivity (Wildman–Crippen MR) is 83.4 cm³/mol. The summed E-state index contributed by atoms with van der Waals surface area (Å²) in [6, 6.07) is 6.93. The summed E-state index contributed by atoms with van der Waals surface area (Å²) in [5.41, 5.74) is 1.60. The number of carbonyl (C=O) groups is 1. The number of hydrogen-bond acceptors (Lipinski definition) is 3. The number of allylic oxidation sites excluding steroid dienone is 1. The van der Waals surface area contributed by atoms with Gasteiger partial charge in [0.2, 0.25) is 0 Å². The fourth-order valence-electron chi connectivity index (χ4n) is 1.27. The number of anilines is 1. The van der Waals surface area contributed by atoms with E-state index in [1.807, 2.05) is 12.1 Å². The van der Waals surface area contributed by atoms with Crippen LogP contribution in [0.15, 0.2) is 58.5 Å². The van der Waals surface area contributed by atoms with Crippen LogP contribution in [-0.2, 0) is 0 Å². The summed E-state index contributed by atoms with van der Waals surface area (Å²) >= 11 is 4.18. The monoisotopic (exact) mass is 275 g/mol. The zero-order chi connectivity index (χ0) is 14.1. The molecule has 0 saturated carbocycles. The molecule has 19 heavy (non-hydrogen) atoms. The summed E-state index contributed by atoms with van der Waals surface area (Å²) < 4.78 is 0. The van der Waals surface area contributed by atoms with Crippen molar-refractivity contribution in [2.45, 2.75) is 4.90 Å². The van der Waals surface area contributed by atoms with E-state index in [9.17, 15) is 4.79 Å². The number of hydrogen-bond donors (Lipinski definition) is 3. The van der Waals surface area contributed by atoms with Crippen LogP contribution in [0.4, 0.5) is 10.5 Å². The summed E-state index contributed by atoms with van der Waals surface area (Å²) in [7, 11) is 1.68. The first-order chi connectivity index (χ1) is 9.15. The zero-order valence-corrected chi connectivity index (χ0v) is 11.7. The molecular formula is C14H17N3OS. The van der Waals surface area contributed by atoms with Crippen LogP contribution in [0.25, 0.3) is 0 Å². The van der Waals surface area contributed by atoms with Gasteiger partial charge in [-0.25, -0.2) is 4.79 Å². The fourth-order valence-corrected chi connectivity index (χ4v) is 1.42. The fraction of sp³-hybridized carbons (Fsp3) is 0.143. The van der Waals surface area contributed by atoms with Crippen LogP contribution in [0.5, 0.6) is 0 Å². The first-order valence-electron chi connectivity index (χ1n) is 5.73. The van der Waals surface area contributed by atoms with E-state index < -0.39 is 0 Å². The topological polar surface area (TPSA) is 53.5 Å². The van der Waals surface area contributed by atoms with E-state index in [4.69, 9.17) is 0 Å². The van der Waals surface area contributed by atoms with Crippen molar-refractivity contribution in [1.29, 1.82) is 0 Å². The molecule has 0 saturated heterocycles. The van der Waals surface area contributed by atoms with Crippen molar-refractivity contribution in [2.24, 2.45) is 4.99 Å². The third kappa shape index (κ3) is 5.92. The number of amides is 2. The normalized spacial score (nSPS) is 11.4. The smallest absolute Gasteiger partial charge is 0.319 e. The van der Waals surface area contributed by atoms with Gasteiger partial charge in [-0.3, -0.25) is 4.99 Å². The Morgan fingerprint density at radius 2 is 2.11 bits per heavy atom. The van der Waals surface area contributed by atoms with Crippen LogP contribution < -0.4 is 10.6 Å². The third-order valence-corrected chi connectivity index (χ3v) is 2.58. The molecular weight excluding hydrogens is 258 g/mol. The molecule has 0 atom stereocenters. The molecule has 1 aromatic rings. The highest BCUT2D eigenvalue weighted by atomic mass is 32.1. The molecule has 0 unspecified atom stereocenters. The Kier molecular flexibility index (Phi) is 6.46. The van der Waals surface area contributed by atoms with E-state index >= 15 is 0 Å². The average Bonchev–Trinajstić information content (AvgIpc) is 2.42. The summed E-state index contributed by atoms with van der Waals surface area (Å²) in [6.45, 7) is 4.07. The second-order valence-corrected chi connectivity index (χ2v) is 4.22. The van der Waals surface area contributed by atoms with Crippen molar-refractivity contribution >= 4 is 30.6 Å². The maximum atomic E-state index is 11.7. The highest BCUT2D eigenvalue weighted by Crippen LogP contribution is 2.11. The van der Waals surface area contributed by atoms with Crippen molar-refractivity contribution in [3.05, 3.63) is 48.6 Å². The van der Waals surface area contributed by atoms with E-state index in [-0.39, 0.29) is 6.03 Å². The van der Waals surface area contributed by atoms with Crippen LogP contribution >= 0.6 is 12.6 Å². The summed E-state index contributed by atoms with van der Waals surface area (Å²) in [5.74, 6) is 0. The van der Waals surface area contributed by atoms with E-state index in [0.717, 1.165) is 16.2 Å². The molecule has 0 aliphatic heterocycles. The minimum absolute atomic E-state index is 0.270. The Morgan fingerprint density at radius 3 is 2.68 bits per heavy atom. The largest absolute Gasteiger partial charge is 0.334 e. The average molecular weight is 275 g/mol. The number of thiol groups is 1. The quantitative estimate of drug-likeness (QED) is 0.432. The third-order valence-electron chi connectivity index (χ3n) is 2.28. The number of urea groups is 1. The van der Waals surface area contributed by atoms with Crippen LogP contribution in [-0.4, -0.2) is 25.8 Å². The van der Waals surface area contributed by atoms with E-state index in [1.165, 1.54) is 0 Å². The van der Waals surface area contributed by atoms with Gasteiger partial charge in [-0.1, -0.05) is 12.7 Å². The molecule has 2 N–H and O–H groups in total. The van der Waals surface area contributed by atoms with Gasteiger partial charge in [0.1, 0.15) is 0 Å². The number of carbonyl (C=O) groups excluding carboxylic acids is 1. The predicted octanol–water partition coefficient (Wildman–Crippen LogP) is 2.91. The number of aliphatic imine (C=N–C) groups is 1. The minimum Gasteiger partial charge on any atom is -0.334 e. The summed E-state index contributed by atoms with van der Waals surface area (Å²) in [6.07, 6.45) is 5.13. The van der Waals surface area contributed by atoms with Crippen molar-refractivity contribution < 1.29 is 4.79 Å². The van der Waals surface area contributed by atoms with Gasteiger partial charge in [-0.2, -0.15) is 0 Å². The maximum absolute atomic E-state index is 11.7. The molecule has 0 heterocycles. The first-order valence-corrected chi connectivity index (χ1v) is 6.18. The minimum atomic E-state index is -0.270. The van der Waals surface area contributed by atoms with Gasteiger partial charge < -0.3 is 10.6 Å².